The number of hydrogen-bond donors (Lipinski definition) is 2. The summed E-state index contributed by atoms with van der Waals surface area (Å²) in [7, 11) is 0. The number of rotatable bonds is 4. The van der Waals surface area contributed by atoms with E-state index in [4.69, 9.17) is 0 Å². The lowest BCUT2D eigenvalue weighted by Gasteiger charge is -2.09. The van der Waals surface area contributed by atoms with E-state index in [2.05, 4.69) is 5.32 Å². The number of aryl methyl sites for hydroxylation is 1. The number of carboxylic acid groups (broad SMARTS) is 1. The monoisotopic (exact) mass is 411 g/mol. The number of amides is 1. The largest absolute Gasteiger partial charge is 0.478 e. The third-order valence-electron chi connectivity index (χ3n) is 4.84. The van der Waals surface area contributed by atoms with Gasteiger partial charge < -0.3 is 10.4 Å². The lowest BCUT2D eigenvalue weighted by Crippen LogP contribution is -2.14. The first-order valence-corrected chi connectivity index (χ1v) is 9.65. The van der Waals surface area contributed by atoms with Crippen LogP contribution in [0, 0.1) is 18.6 Å². The number of carbonyl (C=O) groups is 2. The van der Waals surface area contributed by atoms with Crippen molar-refractivity contribution in [1.29, 1.82) is 0 Å². The Hall–Kier alpha value is -3.32. The van der Waals surface area contributed by atoms with Gasteiger partial charge in [-0.3, -0.25) is 4.79 Å². The minimum Gasteiger partial charge on any atom is -0.478 e. The van der Waals surface area contributed by atoms with Gasteiger partial charge in [-0.2, -0.15) is 0 Å². The molecule has 4 nitrogen and oxygen atoms in total. The van der Waals surface area contributed by atoms with Gasteiger partial charge in [0.05, 0.1) is 0 Å². The van der Waals surface area contributed by atoms with Crippen LogP contribution in [0.4, 0.5) is 13.8 Å². The predicted octanol–water partition coefficient (Wildman–Crippen LogP) is 5.52. The Kier molecular flexibility index (Phi) is 4.76. The number of benzene rings is 2. The normalized spacial score (nSPS) is 12.1. The fourth-order valence-electron chi connectivity index (χ4n) is 3.28. The maximum atomic E-state index is 14.4. The molecule has 0 atom stereocenters. The van der Waals surface area contributed by atoms with Crippen LogP contribution in [0.1, 0.15) is 37.4 Å². The fraction of sp³-hybridized carbons (Fsp3) is 0.0909. The van der Waals surface area contributed by atoms with Gasteiger partial charge in [-0.1, -0.05) is 30.4 Å². The summed E-state index contributed by atoms with van der Waals surface area (Å²) in [6.45, 7) is 1.42. The third-order valence-corrected chi connectivity index (χ3v) is 5.74. The fourth-order valence-corrected chi connectivity index (χ4v) is 4.23. The number of carbonyl (C=O) groups excluding carboxylic acids is 1. The molecule has 1 aromatic heterocycles. The van der Waals surface area contributed by atoms with Crippen molar-refractivity contribution in [3.8, 4) is 11.1 Å². The molecule has 1 amide bonds. The van der Waals surface area contributed by atoms with Crippen molar-refractivity contribution in [3.63, 3.8) is 0 Å². The first-order chi connectivity index (χ1) is 13.9. The van der Waals surface area contributed by atoms with Crippen molar-refractivity contribution < 1.29 is 23.5 Å². The Morgan fingerprint density at radius 2 is 1.90 bits per heavy atom. The molecule has 0 saturated carbocycles. The van der Waals surface area contributed by atoms with Crippen LogP contribution in [0.15, 0.2) is 41.8 Å². The number of halogens is 2. The van der Waals surface area contributed by atoms with Crippen LogP contribution in [0.3, 0.4) is 0 Å². The molecule has 0 fully saturated rings. The number of aromatic carboxylic acids is 1. The number of anilines is 1. The Morgan fingerprint density at radius 3 is 2.66 bits per heavy atom. The lowest BCUT2D eigenvalue weighted by atomic mass is 10.0. The minimum absolute atomic E-state index is 0.0195. The summed E-state index contributed by atoms with van der Waals surface area (Å²) in [5.41, 5.74) is 2.15. The molecule has 1 aliphatic rings. The van der Waals surface area contributed by atoms with Crippen molar-refractivity contribution in [2.24, 2.45) is 0 Å². The third kappa shape index (κ3) is 3.34. The van der Waals surface area contributed by atoms with Gasteiger partial charge in [0.1, 0.15) is 10.6 Å². The molecule has 1 aliphatic carbocycles. The van der Waals surface area contributed by atoms with E-state index < -0.39 is 23.5 Å². The van der Waals surface area contributed by atoms with Gasteiger partial charge in [0.25, 0.3) is 5.91 Å². The van der Waals surface area contributed by atoms with Crippen molar-refractivity contribution in [1.82, 2.24) is 0 Å². The topological polar surface area (TPSA) is 66.4 Å². The van der Waals surface area contributed by atoms with Crippen molar-refractivity contribution in [2.45, 2.75) is 13.3 Å². The quantitative estimate of drug-likeness (QED) is 0.594. The van der Waals surface area contributed by atoms with E-state index in [1.165, 1.54) is 24.4 Å². The molecule has 0 bridgehead atoms. The smallest absolute Gasteiger partial charge is 0.339 e. The molecule has 2 N–H and O–H groups in total. The summed E-state index contributed by atoms with van der Waals surface area (Å²) in [5, 5.41) is 13.7. The highest BCUT2D eigenvalue weighted by Crippen LogP contribution is 2.38. The molecule has 0 saturated heterocycles. The van der Waals surface area contributed by atoms with Crippen LogP contribution in [-0.2, 0) is 6.42 Å². The standard InChI is InChI=1S/C22H15F2NO3S/c1-11-5-8-15(19(24)18(11)23)16-10-29-21(17(16)22(27)28)25-20(26)14-7-6-12-3-2-4-13(12)9-14/h2,4-10H,3H2,1H3,(H,25,26)(H,27,28). The molecule has 0 aliphatic heterocycles. The van der Waals surface area contributed by atoms with E-state index in [1.54, 1.807) is 12.1 Å². The van der Waals surface area contributed by atoms with Crippen LogP contribution in [-0.4, -0.2) is 17.0 Å². The summed E-state index contributed by atoms with van der Waals surface area (Å²) < 4.78 is 28.4. The van der Waals surface area contributed by atoms with Crippen molar-refractivity contribution >= 4 is 34.3 Å². The maximum absolute atomic E-state index is 14.4. The number of nitrogens with one attached hydrogen (secondary N) is 1. The zero-order valence-corrected chi connectivity index (χ0v) is 16.1. The second-order valence-electron chi connectivity index (χ2n) is 6.69. The molecular weight excluding hydrogens is 396 g/mol. The number of fused-ring (bicyclic) bond motifs is 1. The molecule has 1 heterocycles. The van der Waals surface area contributed by atoms with Crippen LogP contribution in [0.2, 0.25) is 0 Å². The SMILES string of the molecule is Cc1ccc(-c2csc(NC(=O)c3ccc4c(c3)C=CC4)c2C(=O)O)c(F)c1F. The van der Waals surface area contributed by atoms with E-state index >= 15 is 0 Å². The molecule has 0 unspecified atom stereocenters. The van der Waals surface area contributed by atoms with Gasteiger partial charge in [0, 0.05) is 22.1 Å². The van der Waals surface area contributed by atoms with E-state index in [-0.39, 0.29) is 27.3 Å². The molecule has 0 radical (unpaired) electrons. The highest BCUT2D eigenvalue weighted by molar-refractivity contribution is 7.15. The van der Waals surface area contributed by atoms with Gasteiger partial charge in [-0.05, 0) is 42.2 Å². The van der Waals surface area contributed by atoms with E-state index in [0.29, 0.717) is 5.56 Å². The molecule has 2 aromatic carbocycles. The Labute approximate surface area is 169 Å². The van der Waals surface area contributed by atoms with E-state index in [0.717, 1.165) is 28.9 Å². The first kappa shape index (κ1) is 19.0. The minimum atomic E-state index is -1.34. The molecule has 0 spiro atoms. The van der Waals surface area contributed by atoms with Crippen molar-refractivity contribution in [2.75, 3.05) is 5.32 Å². The second kappa shape index (κ2) is 7.25. The Bertz CT molecular complexity index is 1200. The van der Waals surface area contributed by atoms with Gasteiger partial charge in [0.15, 0.2) is 11.6 Å². The van der Waals surface area contributed by atoms with Crippen molar-refractivity contribution in [3.05, 3.63) is 81.2 Å². The summed E-state index contributed by atoms with van der Waals surface area (Å²) >= 11 is 0.951. The highest BCUT2D eigenvalue weighted by atomic mass is 32.1. The summed E-state index contributed by atoms with van der Waals surface area (Å²) in [4.78, 5) is 24.5. The summed E-state index contributed by atoms with van der Waals surface area (Å²) in [6, 6.07) is 7.98. The van der Waals surface area contributed by atoms with Crippen LogP contribution < -0.4 is 5.32 Å². The van der Waals surface area contributed by atoms with Gasteiger partial charge in [-0.15, -0.1) is 11.3 Å². The molecule has 146 valence electrons. The Balaban J connectivity index is 1.71. The Morgan fingerprint density at radius 1 is 1.10 bits per heavy atom. The van der Waals surface area contributed by atoms with Crippen LogP contribution in [0.25, 0.3) is 17.2 Å². The molecule has 3 aromatic rings. The number of carboxylic acids is 1. The lowest BCUT2D eigenvalue weighted by molar-refractivity contribution is 0.0699. The second-order valence-corrected chi connectivity index (χ2v) is 7.57. The van der Waals surface area contributed by atoms with Gasteiger partial charge in [0.2, 0.25) is 0 Å². The first-order valence-electron chi connectivity index (χ1n) is 8.77. The number of thiophene rings is 1. The maximum Gasteiger partial charge on any atom is 0.339 e. The predicted molar refractivity (Wildman–Crippen MR) is 109 cm³/mol. The summed E-state index contributed by atoms with van der Waals surface area (Å²) in [6.07, 6.45) is 4.73. The average molecular weight is 411 g/mol. The molecule has 7 heteroatoms. The van der Waals surface area contributed by atoms with Gasteiger partial charge in [-0.25, -0.2) is 13.6 Å². The van der Waals surface area contributed by atoms with E-state index in [1.807, 2.05) is 18.2 Å². The van der Waals surface area contributed by atoms with Crippen LogP contribution >= 0.6 is 11.3 Å². The highest BCUT2D eigenvalue weighted by Gasteiger charge is 2.25. The number of allylic oxidation sites excluding steroid dienone is 1. The van der Waals surface area contributed by atoms with Crippen LogP contribution in [0.5, 0.6) is 0 Å². The van der Waals surface area contributed by atoms with E-state index in [9.17, 15) is 23.5 Å². The molecule has 4 rings (SSSR count). The zero-order valence-electron chi connectivity index (χ0n) is 15.3. The average Bonchev–Trinajstić information content (AvgIpc) is 3.32. The molecule has 29 heavy (non-hydrogen) atoms. The summed E-state index contributed by atoms with van der Waals surface area (Å²) in [5.74, 6) is -3.95. The molecular formula is C22H15F2NO3S. The van der Waals surface area contributed by atoms with Gasteiger partial charge >= 0.3 is 5.97 Å². The zero-order chi connectivity index (χ0) is 20.7. The number of hydrogen-bond acceptors (Lipinski definition) is 3.